The average Bonchev–Trinajstić information content (AvgIpc) is 3.19. The Morgan fingerprint density at radius 2 is 1.93 bits per heavy atom. The standard InChI is InChI=1S/C23H28N4O3/c1-29-22-5-3-2-4-19(22)17-24-23(28)25-20-6-7-21-18(16-20)8-9-27(21)11-10-26-12-14-30-15-13-26/h2-9,16H,10-15,17H2,1H3,(H2,24,25,28). The van der Waals surface area contributed by atoms with Gasteiger partial charge in [0.2, 0.25) is 0 Å². The minimum atomic E-state index is -0.244. The summed E-state index contributed by atoms with van der Waals surface area (Å²) in [4.78, 5) is 14.7. The number of methoxy groups -OCH3 is 1. The van der Waals surface area contributed by atoms with Gasteiger partial charge in [-0.15, -0.1) is 0 Å². The number of nitrogens with one attached hydrogen (secondary N) is 2. The predicted octanol–water partition coefficient (Wildman–Crippen LogP) is 3.30. The molecule has 2 aromatic carbocycles. The first-order valence-corrected chi connectivity index (χ1v) is 10.3. The van der Waals surface area contributed by atoms with E-state index in [9.17, 15) is 4.79 Å². The van der Waals surface area contributed by atoms with Crippen molar-refractivity contribution in [1.29, 1.82) is 0 Å². The second kappa shape index (κ2) is 9.65. The first-order chi connectivity index (χ1) is 14.7. The zero-order valence-corrected chi connectivity index (χ0v) is 17.3. The van der Waals surface area contributed by atoms with Gasteiger partial charge in [-0.2, -0.15) is 0 Å². The minimum Gasteiger partial charge on any atom is -0.496 e. The van der Waals surface area contributed by atoms with E-state index < -0.39 is 0 Å². The van der Waals surface area contributed by atoms with Crippen molar-refractivity contribution < 1.29 is 14.3 Å². The van der Waals surface area contributed by atoms with Gasteiger partial charge in [-0.1, -0.05) is 18.2 Å². The fraction of sp³-hybridized carbons (Fsp3) is 0.348. The number of fused-ring (bicyclic) bond motifs is 1. The molecule has 1 aliphatic heterocycles. The monoisotopic (exact) mass is 408 g/mol. The fourth-order valence-corrected chi connectivity index (χ4v) is 3.75. The molecule has 0 saturated carbocycles. The van der Waals surface area contributed by atoms with Crippen LogP contribution in [0.25, 0.3) is 10.9 Å². The lowest BCUT2D eigenvalue weighted by atomic mass is 10.2. The van der Waals surface area contributed by atoms with Crippen LogP contribution in [0.2, 0.25) is 0 Å². The Morgan fingerprint density at radius 3 is 2.77 bits per heavy atom. The van der Waals surface area contributed by atoms with Gasteiger partial charge in [0.15, 0.2) is 0 Å². The molecule has 1 saturated heterocycles. The molecule has 2 heterocycles. The van der Waals surface area contributed by atoms with Crippen LogP contribution in [0.3, 0.4) is 0 Å². The average molecular weight is 409 g/mol. The van der Waals surface area contributed by atoms with Gasteiger partial charge in [-0.3, -0.25) is 4.90 Å². The Morgan fingerprint density at radius 1 is 1.10 bits per heavy atom. The number of benzene rings is 2. The molecule has 2 amide bonds. The van der Waals surface area contributed by atoms with E-state index in [1.54, 1.807) is 7.11 Å². The molecule has 7 nitrogen and oxygen atoms in total. The predicted molar refractivity (Wildman–Crippen MR) is 118 cm³/mol. The summed E-state index contributed by atoms with van der Waals surface area (Å²) in [7, 11) is 1.63. The quantitative estimate of drug-likeness (QED) is 0.630. The van der Waals surface area contributed by atoms with Gasteiger partial charge in [0.25, 0.3) is 0 Å². The van der Waals surface area contributed by atoms with Gasteiger partial charge in [0.05, 0.1) is 20.3 Å². The molecule has 3 aromatic rings. The van der Waals surface area contributed by atoms with Crippen LogP contribution in [0.15, 0.2) is 54.7 Å². The minimum absolute atomic E-state index is 0.244. The summed E-state index contributed by atoms with van der Waals surface area (Å²) < 4.78 is 13.0. The van der Waals surface area contributed by atoms with Crippen LogP contribution in [0, 0.1) is 0 Å². The van der Waals surface area contributed by atoms with Crippen LogP contribution in [-0.4, -0.2) is 55.5 Å². The van der Waals surface area contributed by atoms with Crippen molar-refractivity contribution in [1.82, 2.24) is 14.8 Å². The molecular weight excluding hydrogens is 380 g/mol. The number of rotatable bonds is 7. The summed E-state index contributed by atoms with van der Waals surface area (Å²) in [6, 6.07) is 15.5. The molecule has 1 fully saturated rings. The Labute approximate surface area is 176 Å². The van der Waals surface area contributed by atoms with Gasteiger partial charge in [-0.05, 0) is 30.3 Å². The molecule has 0 unspecified atom stereocenters. The van der Waals surface area contributed by atoms with Crippen molar-refractivity contribution in [3.05, 3.63) is 60.3 Å². The first kappa shape index (κ1) is 20.3. The molecule has 0 aliphatic carbocycles. The molecule has 1 aromatic heterocycles. The topological polar surface area (TPSA) is 67.8 Å². The summed E-state index contributed by atoms with van der Waals surface area (Å²) in [6.45, 7) is 5.99. The van der Waals surface area contributed by atoms with Crippen LogP contribution in [0.4, 0.5) is 10.5 Å². The number of nitrogens with zero attached hydrogens (tertiary/aromatic N) is 2. The van der Waals surface area contributed by atoms with Gasteiger partial charge in [-0.25, -0.2) is 4.79 Å². The number of anilines is 1. The highest BCUT2D eigenvalue weighted by Gasteiger charge is 2.11. The van der Waals surface area contributed by atoms with Crippen molar-refractivity contribution in [2.24, 2.45) is 0 Å². The smallest absolute Gasteiger partial charge is 0.319 e. The molecule has 2 N–H and O–H groups in total. The zero-order chi connectivity index (χ0) is 20.8. The Balaban J connectivity index is 1.33. The number of para-hydroxylation sites is 1. The molecular formula is C23H28N4O3. The summed E-state index contributed by atoms with van der Waals surface area (Å²) in [5.41, 5.74) is 2.87. The molecule has 0 bridgehead atoms. The second-order valence-corrected chi connectivity index (χ2v) is 7.36. The number of hydrogen-bond acceptors (Lipinski definition) is 4. The summed E-state index contributed by atoms with van der Waals surface area (Å²) in [5.74, 6) is 0.762. The number of morpholine rings is 1. The lowest BCUT2D eigenvalue weighted by Gasteiger charge is -2.26. The van der Waals surface area contributed by atoms with Crippen LogP contribution >= 0.6 is 0 Å². The van der Waals surface area contributed by atoms with E-state index in [-0.39, 0.29) is 6.03 Å². The van der Waals surface area contributed by atoms with Crippen molar-refractivity contribution in [2.45, 2.75) is 13.1 Å². The van der Waals surface area contributed by atoms with E-state index in [1.165, 1.54) is 5.52 Å². The Kier molecular flexibility index (Phi) is 6.51. The van der Waals surface area contributed by atoms with Crippen LogP contribution in [-0.2, 0) is 17.8 Å². The summed E-state index contributed by atoms with van der Waals surface area (Å²) in [6.07, 6.45) is 2.11. The van der Waals surface area contributed by atoms with Gasteiger partial charge in [0.1, 0.15) is 5.75 Å². The summed E-state index contributed by atoms with van der Waals surface area (Å²) >= 11 is 0. The number of carbonyl (C=O) groups excluding carboxylic acids is 1. The van der Waals surface area contributed by atoms with Crippen LogP contribution in [0.5, 0.6) is 5.75 Å². The SMILES string of the molecule is COc1ccccc1CNC(=O)Nc1ccc2c(ccn2CCN2CCOCC2)c1. The van der Waals surface area contributed by atoms with Gasteiger partial charge < -0.3 is 24.7 Å². The van der Waals surface area contributed by atoms with Crippen LogP contribution < -0.4 is 15.4 Å². The number of urea groups is 1. The maximum atomic E-state index is 12.3. The van der Waals surface area contributed by atoms with E-state index in [0.717, 1.165) is 61.8 Å². The molecule has 158 valence electrons. The number of ether oxygens (including phenoxy) is 2. The third kappa shape index (κ3) is 4.93. The van der Waals surface area contributed by atoms with Gasteiger partial charge in [0, 0.05) is 61.1 Å². The number of carbonyl (C=O) groups is 1. The van der Waals surface area contributed by atoms with Crippen molar-refractivity contribution in [3.63, 3.8) is 0 Å². The van der Waals surface area contributed by atoms with Crippen LogP contribution in [0.1, 0.15) is 5.56 Å². The van der Waals surface area contributed by atoms with Crippen molar-refractivity contribution in [3.8, 4) is 5.75 Å². The van der Waals surface area contributed by atoms with E-state index >= 15 is 0 Å². The lowest BCUT2D eigenvalue weighted by Crippen LogP contribution is -2.38. The van der Waals surface area contributed by atoms with E-state index in [0.29, 0.717) is 6.54 Å². The number of hydrogen-bond donors (Lipinski definition) is 2. The van der Waals surface area contributed by atoms with Gasteiger partial charge >= 0.3 is 6.03 Å². The van der Waals surface area contributed by atoms with Crippen molar-refractivity contribution >= 4 is 22.6 Å². The van der Waals surface area contributed by atoms with E-state index in [1.807, 2.05) is 36.4 Å². The molecule has 0 atom stereocenters. The molecule has 0 spiro atoms. The normalized spacial score (nSPS) is 14.6. The van der Waals surface area contributed by atoms with E-state index in [2.05, 4.69) is 38.4 Å². The fourth-order valence-electron chi connectivity index (χ4n) is 3.75. The lowest BCUT2D eigenvalue weighted by molar-refractivity contribution is 0.0365. The number of aromatic nitrogens is 1. The largest absolute Gasteiger partial charge is 0.496 e. The Bertz CT molecular complexity index is 995. The molecule has 7 heteroatoms. The molecule has 30 heavy (non-hydrogen) atoms. The molecule has 0 radical (unpaired) electrons. The third-order valence-corrected chi connectivity index (χ3v) is 5.42. The maximum Gasteiger partial charge on any atom is 0.319 e. The van der Waals surface area contributed by atoms with E-state index in [4.69, 9.17) is 9.47 Å². The maximum absolute atomic E-state index is 12.3. The third-order valence-electron chi connectivity index (χ3n) is 5.42. The number of amides is 2. The zero-order valence-electron chi connectivity index (χ0n) is 17.3. The highest BCUT2D eigenvalue weighted by Crippen LogP contribution is 2.21. The first-order valence-electron chi connectivity index (χ1n) is 10.3. The summed E-state index contributed by atoms with van der Waals surface area (Å²) in [5, 5.41) is 6.90. The highest BCUT2D eigenvalue weighted by atomic mass is 16.5. The second-order valence-electron chi connectivity index (χ2n) is 7.36. The molecule has 1 aliphatic rings. The highest BCUT2D eigenvalue weighted by molar-refractivity contribution is 5.93. The van der Waals surface area contributed by atoms with Crippen molar-refractivity contribution in [2.75, 3.05) is 45.3 Å². The molecule has 4 rings (SSSR count). The Hall–Kier alpha value is -3.03.